The van der Waals surface area contributed by atoms with E-state index < -0.39 is 0 Å². The van der Waals surface area contributed by atoms with Crippen molar-refractivity contribution in [1.29, 1.82) is 0 Å². The number of morpholine rings is 1. The number of ether oxygens (including phenoxy) is 1. The van der Waals surface area contributed by atoms with Crippen molar-refractivity contribution in [3.05, 3.63) is 78.1 Å². The number of hydrogen-bond acceptors (Lipinski definition) is 5. The van der Waals surface area contributed by atoms with Crippen molar-refractivity contribution in [3.8, 4) is 11.3 Å². The van der Waals surface area contributed by atoms with Gasteiger partial charge in [-0.2, -0.15) is 5.10 Å². The fraction of sp³-hybridized carbons (Fsp3) is 0.345. The van der Waals surface area contributed by atoms with Crippen molar-refractivity contribution in [3.63, 3.8) is 0 Å². The number of benzene rings is 2. The fourth-order valence-electron chi connectivity index (χ4n) is 5.86. The number of aromatic amines is 1. The van der Waals surface area contributed by atoms with Gasteiger partial charge >= 0.3 is 0 Å². The summed E-state index contributed by atoms with van der Waals surface area (Å²) >= 11 is 0. The lowest BCUT2D eigenvalue weighted by Crippen LogP contribution is -2.45. The lowest BCUT2D eigenvalue weighted by atomic mass is 10.0. The molecule has 2 aromatic heterocycles. The molecule has 36 heavy (non-hydrogen) atoms. The van der Waals surface area contributed by atoms with Crippen LogP contribution in [0.1, 0.15) is 47.8 Å². The molecular weight excluding hydrogens is 450 g/mol. The number of rotatable bonds is 6. The molecule has 1 amide bonds. The zero-order chi connectivity index (χ0) is 24.1. The molecule has 2 bridgehead atoms. The van der Waals surface area contributed by atoms with Gasteiger partial charge in [0.25, 0.3) is 5.91 Å². The van der Waals surface area contributed by atoms with Crippen LogP contribution < -0.4 is 10.2 Å². The molecule has 0 radical (unpaired) electrons. The van der Waals surface area contributed by atoms with Crippen LogP contribution >= 0.6 is 0 Å². The first-order valence-corrected chi connectivity index (χ1v) is 12.9. The van der Waals surface area contributed by atoms with E-state index in [1.807, 2.05) is 36.4 Å². The van der Waals surface area contributed by atoms with E-state index in [1.54, 1.807) is 6.20 Å². The molecule has 2 saturated heterocycles. The Balaban J connectivity index is 1.15. The summed E-state index contributed by atoms with van der Waals surface area (Å²) in [6.07, 6.45) is 6.42. The number of fused-ring (bicyclic) bond motifs is 3. The Bertz CT molecular complexity index is 1380. The topological polar surface area (TPSA) is 83.1 Å². The second-order valence-corrected chi connectivity index (χ2v) is 10.3. The lowest BCUT2D eigenvalue weighted by Gasteiger charge is -2.36. The summed E-state index contributed by atoms with van der Waals surface area (Å²) in [5.74, 6) is 0.377. The minimum absolute atomic E-state index is 0.0544. The number of hydrogen-bond donors (Lipinski definition) is 2. The molecule has 182 valence electrons. The van der Waals surface area contributed by atoms with Gasteiger partial charge in [0.15, 0.2) is 0 Å². The molecule has 0 spiro atoms. The first-order valence-electron chi connectivity index (χ1n) is 12.9. The summed E-state index contributed by atoms with van der Waals surface area (Å²) < 4.78 is 5.74. The lowest BCUT2D eigenvalue weighted by molar-refractivity contribution is 0.0906. The quantitative estimate of drug-likeness (QED) is 0.412. The minimum Gasteiger partial charge on any atom is -0.377 e. The Morgan fingerprint density at radius 1 is 1.00 bits per heavy atom. The van der Waals surface area contributed by atoms with E-state index in [9.17, 15) is 4.79 Å². The fourth-order valence-corrected chi connectivity index (χ4v) is 5.86. The van der Waals surface area contributed by atoms with Crippen molar-refractivity contribution < 1.29 is 9.53 Å². The Kier molecular flexibility index (Phi) is 5.24. The first-order chi connectivity index (χ1) is 17.7. The molecule has 2 aromatic carbocycles. The molecule has 7 heteroatoms. The largest absolute Gasteiger partial charge is 0.377 e. The summed E-state index contributed by atoms with van der Waals surface area (Å²) in [5.41, 5.74) is 5.61. The summed E-state index contributed by atoms with van der Waals surface area (Å²) in [4.78, 5) is 20.3. The molecule has 1 saturated carbocycles. The molecule has 2 N–H and O–H groups in total. The average molecular weight is 480 g/mol. The van der Waals surface area contributed by atoms with Gasteiger partial charge in [0.05, 0.1) is 48.2 Å². The van der Waals surface area contributed by atoms with Crippen molar-refractivity contribution in [2.75, 3.05) is 18.1 Å². The molecule has 3 fully saturated rings. The van der Waals surface area contributed by atoms with Crippen molar-refractivity contribution in [2.45, 2.75) is 43.8 Å². The van der Waals surface area contributed by atoms with Gasteiger partial charge in [-0.3, -0.25) is 14.9 Å². The maximum absolute atomic E-state index is 13.3. The Morgan fingerprint density at radius 2 is 1.81 bits per heavy atom. The van der Waals surface area contributed by atoms with E-state index in [0.717, 1.165) is 53.9 Å². The first kappa shape index (κ1) is 21.6. The highest BCUT2D eigenvalue weighted by atomic mass is 16.5. The zero-order valence-corrected chi connectivity index (χ0v) is 20.1. The molecule has 4 heterocycles. The van der Waals surface area contributed by atoms with Crippen LogP contribution in [-0.2, 0) is 4.74 Å². The second kappa shape index (κ2) is 8.75. The predicted molar refractivity (Wildman–Crippen MR) is 139 cm³/mol. The van der Waals surface area contributed by atoms with Gasteiger partial charge < -0.3 is 15.0 Å². The predicted octanol–water partition coefficient (Wildman–Crippen LogP) is 4.87. The molecule has 3 aliphatic rings. The van der Waals surface area contributed by atoms with Crippen molar-refractivity contribution in [1.82, 2.24) is 20.5 Å². The van der Waals surface area contributed by atoms with E-state index in [2.05, 4.69) is 49.7 Å². The summed E-state index contributed by atoms with van der Waals surface area (Å²) in [6, 6.07) is 21.2. The standard InChI is InChI=1S/C29H29N5O2/c35-29(31-28(19-4-5-19)26-3-1-2-14-30-26)20-8-13-25-24(15-20)27(33-32-25)18-6-9-21(10-7-18)34-22-11-12-23(34)17-36-16-22/h1-3,6-10,13-15,19,22-23,28H,4-5,11-12,16-17H2,(H,31,35)(H,32,33)/t22-,23+,28-/m0/s1. The second-order valence-electron chi connectivity index (χ2n) is 10.3. The summed E-state index contributed by atoms with van der Waals surface area (Å²) in [5, 5.41) is 11.9. The van der Waals surface area contributed by atoms with Crippen LogP contribution in [0.5, 0.6) is 0 Å². The number of nitrogens with zero attached hydrogens (tertiary/aromatic N) is 3. The van der Waals surface area contributed by atoms with E-state index in [0.29, 0.717) is 23.6 Å². The minimum atomic E-state index is -0.0789. The van der Waals surface area contributed by atoms with Gasteiger partial charge in [0, 0.05) is 28.4 Å². The van der Waals surface area contributed by atoms with Crippen LogP contribution in [0.4, 0.5) is 5.69 Å². The third-order valence-electron chi connectivity index (χ3n) is 7.89. The zero-order valence-electron chi connectivity index (χ0n) is 20.1. The van der Waals surface area contributed by atoms with Gasteiger partial charge in [0.1, 0.15) is 0 Å². The van der Waals surface area contributed by atoms with Crippen LogP contribution in [0.25, 0.3) is 22.2 Å². The van der Waals surface area contributed by atoms with Crippen LogP contribution in [-0.4, -0.2) is 46.4 Å². The van der Waals surface area contributed by atoms with Crippen LogP contribution in [0.2, 0.25) is 0 Å². The van der Waals surface area contributed by atoms with E-state index >= 15 is 0 Å². The number of pyridine rings is 1. The van der Waals surface area contributed by atoms with Gasteiger partial charge in [-0.15, -0.1) is 0 Å². The number of anilines is 1. The Morgan fingerprint density at radius 3 is 2.53 bits per heavy atom. The molecule has 4 aromatic rings. The van der Waals surface area contributed by atoms with E-state index in [4.69, 9.17) is 4.74 Å². The number of amides is 1. The van der Waals surface area contributed by atoms with Crippen molar-refractivity contribution >= 4 is 22.5 Å². The number of nitrogens with one attached hydrogen (secondary N) is 2. The molecular formula is C29H29N5O2. The number of H-pyrrole nitrogens is 1. The molecule has 7 rings (SSSR count). The molecule has 3 atom stereocenters. The van der Waals surface area contributed by atoms with Gasteiger partial charge in [0.2, 0.25) is 0 Å². The monoisotopic (exact) mass is 479 g/mol. The highest BCUT2D eigenvalue weighted by Crippen LogP contribution is 2.40. The Hall–Kier alpha value is -3.71. The smallest absolute Gasteiger partial charge is 0.251 e. The van der Waals surface area contributed by atoms with Crippen LogP contribution in [0, 0.1) is 5.92 Å². The third kappa shape index (κ3) is 3.84. The highest BCUT2D eigenvalue weighted by Gasteiger charge is 2.37. The van der Waals surface area contributed by atoms with Crippen LogP contribution in [0.15, 0.2) is 66.9 Å². The number of aromatic nitrogens is 3. The van der Waals surface area contributed by atoms with E-state index in [1.165, 1.54) is 18.5 Å². The van der Waals surface area contributed by atoms with Gasteiger partial charge in [-0.05, 0) is 74.1 Å². The summed E-state index contributed by atoms with van der Waals surface area (Å²) in [6.45, 7) is 1.63. The Labute approximate surface area is 209 Å². The maximum Gasteiger partial charge on any atom is 0.251 e. The van der Waals surface area contributed by atoms with Crippen molar-refractivity contribution in [2.24, 2.45) is 5.92 Å². The number of carbonyl (C=O) groups excluding carboxylic acids is 1. The average Bonchev–Trinajstić information content (AvgIpc) is 3.63. The van der Waals surface area contributed by atoms with E-state index in [-0.39, 0.29) is 11.9 Å². The molecule has 1 aliphatic carbocycles. The van der Waals surface area contributed by atoms with Crippen LogP contribution in [0.3, 0.4) is 0 Å². The molecule has 2 aliphatic heterocycles. The van der Waals surface area contributed by atoms with Gasteiger partial charge in [-0.1, -0.05) is 18.2 Å². The summed E-state index contributed by atoms with van der Waals surface area (Å²) in [7, 11) is 0. The SMILES string of the molecule is O=C(N[C@H](c1ccccn1)C1CC1)c1ccc2[nH]nc(-c3ccc(N4[C@@H]5CC[C@H]4COC5)cc3)c2c1. The highest BCUT2D eigenvalue weighted by molar-refractivity contribution is 6.01. The molecule has 0 unspecified atom stereocenters. The maximum atomic E-state index is 13.3. The third-order valence-corrected chi connectivity index (χ3v) is 7.89. The molecule has 7 nitrogen and oxygen atoms in total. The van der Waals surface area contributed by atoms with Gasteiger partial charge in [-0.25, -0.2) is 0 Å². The normalized spacial score (nSPS) is 22.1. The number of carbonyl (C=O) groups is 1.